The summed E-state index contributed by atoms with van der Waals surface area (Å²) in [5.41, 5.74) is 1.65. The molecule has 19 heavy (non-hydrogen) atoms. The van der Waals surface area contributed by atoms with Gasteiger partial charge in [-0.3, -0.25) is 0 Å². The van der Waals surface area contributed by atoms with E-state index in [1.807, 2.05) is 19.2 Å². The van der Waals surface area contributed by atoms with E-state index in [4.69, 9.17) is 0 Å². The zero-order valence-electron chi connectivity index (χ0n) is 10.9. The van der Waals surface area contributed by atoms with E-state index in [0.717, 1.165) is 29.7 Å². The standard InChI is InChI=1S/C14H16F2N2S/c1-9-8-19-14(18-9)3-4-17-10(2)11-5-12(15)7-13(16)6-11/h5-8,10,17H,3-4H2,1-2H3. The lowest BCUT2D eigenvalue weighted by atomic mass is 10.1. The van der Waals surface area contributed by atoms with Crippen LogP contribution in [0.3, 0.4) is 0 Å². The Morgan fingerprint density at radius 2 is 1.95 bits per heavy atom. The van der Waals surface area contributed by atoms with Gasteiger partial charge in [0.2, 0.25) is 0 Å². The van der Waals surface area contributed by atoms with Crippen molar-refractivity contribution < 1.29 is 8.78 Å². The predicted molar refractivity (Wildman–Crippen MR) is 73.3 cm³/mol. The highest BCUT2D eigenvalue weighted by atomic mass is 32.1. The van der Waals surface area contributed by atoms with Gasteiger partial charge in [-0.05, 0) is 31.5 Å². The molecule has 0 amide bonds. The number of aromatic nitrogens is 1. The molecule has 1 aromatic heterocycles. The predicted octanol–water partition coefficient (Wildman–Crippen LogP) is 3.62. The van der Waals surface area contributed by atoms with Crippen molar-refractivity contribution in [3.05, 3.63) is 51.5 Å². The van der Waals surface area contributed by atoms with Crippen molar-refractivity contribution in [2.24, 2.45) is 0 Å². The average Bonchev–Trinajstić information content (AvgIpc) is 2.73. The largest absolute Gasteiger partial charge is 0.310 e. The van der Waals surface area contributed by atoms with Gasteiger partial charge in [-0.25, -0.2) is 13.8 Å². The molecule has 1 atom stereocenters. The molecule has 102 valence electrons. The maximum atomic E-state index is 13.1. The van der Waals surface area contributed by atoms with Crippen LogP contribution in [0.2, 0.25) is 0 Å². The Morgan fingerprint density at radius 3 is 2.53 bits per heavy atom. The zero-order valence-corrected chi connectivity index (χ0v) is 11.7. The Balaban J connectivity index is 1.88. The van der Waals surface area contributed by atoms with E-state index < -0.39 is 11.6 Å². The lowest BCUT2D eigenvalue weighted by Gasteiger charge is -2.14. The van der Waals surface area contributed by atoms with Gasteiger partial charge in [-0.2, -0.15) is 0 Å². The van der Waals surface area contributed by atoms with Gasteiger partial charge < -0.3 is 5.32 Å². The lowest BCUT2D eigenvalue weighted by molar-refractivity contribution is 0.547. The second-order valence-corrected chi connectivity index (χ2v) is 5.45. The van der Waals surface area contributed by atoms with Crippen LogP contribution < -0.4 is 5.32 Å². The van der Waals surface area contributed by atoms with Crippen molar-refractivity contribution in [2.75, 3.05) is 6.54 Å². The number of nitrogens with one attached hydrogen (secondary N) is 1. The summed E-state index contributed by atoms with van der Waals surface area (Å²) < 4.78 is 26.2. The van der Waals surface area contributed by atoms with Crippen LogP contribution in [0.1, 0.15) is 29.2 Å². The Morgan fingerprint density at radius 1 is 1.26 bits per heavy atom. The Kier molecular flexibility index (Phi) is 4.61. The molecule has 0 saturated heterocycles. The maximum absolute atomic E-state index is 13.1. The van der Waals surface area contributed by atoms with E-state index in [2.05, 4.69) is 10.3 Å². The summed E-state index contributed by atoms with van der Waals surface area (Å²) in [5.74, 6) is -1.08. The fraction of sp³-hybridized carbons (Fsp3) is 0.357. The van der Waals surface area contributed by atoms with Crippen LogP contribution in [-0.2, 0) is 6.42 Å². The molecule has 0 radical (unpaired) electrons. The minimum atomic E-state index is -0.542. The lowest BCUT2D eigenvalue weighted by Crippen LogP contribution is -2.21. The molecular formula is C14H16F2N2S. The molecule has 2 nitrogen and oxygen atoms in total. The normalized spacial score (nSPS) is 12.6. The average molecular weight is 282 g/mol. The molecule has 0 bridgehead atoms. The summed E-state index contributed by atoms with van der Waals surface area (Å²) in [6, 6.07) is 3.50. The third-order valence-corrected chi connectivity index (χ3v) is 3.87. The Bertz CT molecular complexity index is 534. The fourth-order valence-electron chi connectivity index (χ4n) is 1.86. The summed E-state index contributed by atoms with van der Waals surface area (Å²) >= 11 is 1.63. The second kappa shape index (κ2) is 6.21. The Labute approximate surface area is 115 Å². The van der Waals surface area contributed by atoms with Gasteiger partial charge in [0, 0.05) is 36.1 Å². The third-order valence-electron chi connectivity index (χ3n) is 2.84. The molecular weight excluding hydrogens is 266 g/mol. The first-order valence-electron chi connectivity index (χ1n) is 6.15. The number of nitrogens with zero attached hydrogens (tertiary/aromatic N) is 1. The van der Waals surface area contributed by atoms with Gasteiger partial charge in [-0.15, -0.1) is 11.3 Å². The summed E-state index contributed by atoms with van der Waals surface area (Å²) in [5, 5.41) is 6.33. The van der Waals surface area contributed by atoms with Crippen molar-refractivity contribution in [3.63, 3.8) is 0 Å². The van der Waals surface area contributed by atoms with Crippen molar-refractivity contribution in [3.8, 4) is 0 Å². The molecule has 2 rings (SSSR count). The molecule has 1 heterocycles. The first-order valence-corrected chi connectivity index (χ1v) is 7.03. The number of rotatable bonds is 5. The van der Waals surface area contributed by atoms with Gasteiger partial charge in [0.05, 0.1) is 5.01 Å². The number of benzene rings is 1. The topological polar surface area (TPSA) is 24.9 Å². The van der Waals surface area contributed by atoms with E-state index in [9.17, 15) is 8.78 Å². The van der Waals surface area contributed by atoms with Crippen molar-refractivity contribution >= 4 is 11.3 Å². The smallest absolute Gasteiger partial charge is 0.126 e. The van der Waals surface area contributed by atoms with Gasteiger partial charge in [0.25, 0.3) is 0 Å². The summed E-state index contributed by atoms with van der Waals surface area (Å²) in [4.78, 5) is 4.37. The SMILES string of the molecule is Cc1csc(CCNC(C)c2cc(F)cc(F)c2)n1. The number of hydrogen-bond donors (Lipinski definition) is 1. The van der Waals surface area contributed by atoms with Crippen LogP contribution in [0.4, 0.5) is 8.78 Å². The van der Waals surface area contributed by atoms with E-state index in [0.29, 0.717) is 5.56 Å². The molecule has 0 aliphatic carbocycles. The molecule has 0 saturated carbocycles. The molecule has 1 aromatic carbocycles. The van der Waals surface area contributed by atoms with E-state index in [1.54, 1.807) is 11.3 Å². The molecule has 2 aromatic rings. The van der Waals surface area contributed by atoms with Crippen LogP contribution in [0, 0.1) is 18.6 Å². The van der Waals surface area contributed by atoms with Crippen LogP contribution in [-0.4, -0.2) is 11.5 Å². The summed E-state index contributed by atoms with van der Waals surface area (Å²) in [6.45, 7) is 4.58. The summed E-state index contributed by atoms with van der Waals surface area (Å²) in [7, 11) is 0. The third kappa shape index (κ3) is 4.08. The van der Waals surface area contributed by atoms with Gasteiger partial charge in [0.1, 0.15) is 11.6 Å². The Hall–Kier alpha value is -1.33. The molecule has 0 spiro atoms. The first-order chi connectivity index (χ1) is 9.04. The monoisotopic (exact) mass is 282 g/mol. The fourth-order valence-corrected chi connectivity index (χ4v) is 2.63. The first kappa shape index (κ1) is 14.1. The number of halogens is 2. The zero-order chi connectivity index (χ0) is 13.8. The molecule has 0 aliphatic rings. The van der Waals surface area contributed by atoms with Crippen molar-refractivity contribution in [2.45, 2.75) is 26.3 Å². The molecule has 5 heteroatoms. The second-order valence-electron chi connectivity index (χ2n) is 4.51. The van der Waals surface area contributed by atoms with Crippen molar-refractivity contribution in [1.82, 2.24) is 10.3 Å². The minimum absolute atomic E-state index is 0.0914. The number of aryl methyl sites for hydroxylation is 1. The van der Waals surface area contributed by atoms with Gasteiger partial charge >= 0.3 is 0 Å². The maximum Gasteiger partial charge on any atom is 0.126 e. The van der Waals surface area contributed by atoms with Crippen LogP contribution in [0.15, 0.2) is 23.6 Å². The minimum Gasteiger partial charge on any atom is -0.310 e. The highest BCUT2D eigenvalue weighted by molar-refractivity contribution is 7.09. The van der Waals surface area contributed by atoms with Crippen LogP contribution in [0.25, 0.3) is 0 Å². The quantitative estimate of drug-likeness (QED) is 0.906. The van der Waals surface area contributed by atoms with E-state index >= 15 is 0 Å². The van der Waals surface area contributed by atoms with Crippen molar-refractivity contribution in [1.29, 1.82) is 0 Å². The summed E-state index contributed by atoms with van der Waals surface area (Å²) in [6.07, 6.45) is 0.820. The molecule has 0 fully saturated rings. The number of thiazole rings is 1. The van der Waals surface area contributed by atoms with Crippen LogP contribution in [0.5, 0.6) is 0 Å². The molecule has 0 aliphatic heterocycles. The van der Waals surface area contributed by atoms with Gasteiger partial charge in [-0.1, -0.05) is 0 Å². The number of hydrogen-bond acceptors (Lipinski definition) is 3. The molecule has 1 N–H and O–H groups in total. The molecule has 1 unspecified atom stereocenters. The van der Waals surface area contributed by atoms with Crippen LogP contribution >= 0.6 is 11.3 Å². The highest BCUT2D eigenvalue weighted by Gasteiger charge is 2.08. The van der Waals surface area contributed by atoms with Gasteiger partial charge in [0.15, 0.2) is 0 Å². The van der Waals surface area contributed by atoms with E-state index in [-0.39, 0.29) is 6.04 Å². The van der Waals surface area contributed by atoms with E-state index in [1.165, 1.54) is 12.1 Å². The highest BCUT2D eigenvalue weighted by Crippen LogP contribution is 2.16.